The van der Waals surface area contributed by atoms with Crippen LogP contribution in [0, 0.1) is 0 Å². The molecule has 0 aliphatic carbocycles. The Labute approximate surface area is 94.8 Å². The van der Waals surface area contributed by atoms with Gasteiger partial charge in [-0.1, -0.05) is 12.1 Å². The van der Waals surface area contributed by atoms with Gasteiger partial charge in [0.2, 0.25) is 5.91 Å². The molecule has 16 heavy (non-hydrogen) atoms. The minimum absolute atomic E-state index is 0.0388. The largest absolute Gasteiger partial charge is 0.324 e. The second-order valence-corrected chi connectivity index (χ2v) is 4.31. The van der Waals surface area contributed by atoms with E-state index in [2.05, 4.69) is 5.32 Å². The third-order valence-electron chi connectivity index (χ3n) is 2.11. The summed E-state index contributed by atoms with van der Waals surface area (Å²) in [6, 6.07) is 6.77. The van der Waals surface area contributed by atoms with Crippen LogP contribution in [0.15, 0.2) is 24.3 Å². The van der Waals surface area contributed by atoms with E-state index < -0.39 is 5.54 Å². The summed E-state index contributed by atoms with van der Waals surface area (Å²) in [7, 11) is 0. The summed E-state index contributed by atoms with van der Waals surface area (Å²) >= 11 is 0. The summed E-state index contributed by atoms with van der Waals surface area (Å²) in [4.78, 5) is 22.7. The zero-order valence-corrected chi connectivity index (χ0v) is 9.70. The summed E-state index contributed by atoms with van der Waals surface area (Å²) in [5, 5.41) is 2.66. The van der Waals surface area contributed by atoms with Crippen molar-refractivity contribution in [1.29, 1.82) is 0 Å². The molecule has 0 radical (unpaired) electrons. The van der Waals surface area contributed by atoms with Gasteiger partial charge in [-0.05, 0) is 32.9 Å². The van der Waals surface area contributed by atoms with Crippen molar-refractivity contribution in [2.75, 3.05) is 5.32 Å². The van der Waals surface area contributed by atoms with Crippen LogP contribution in [0.1, 0.15) is 31.1 Å². The van der Waals surface area contributed by atoms with Crippen LogP contribution in [-0.2, 0) is 4.79 Å². The average Bonchev–Trinajstić information content (AvgIpc) is 2.16. The van der Waals surface area contributed by atoms with Crippen LogP contribution in [0.3, 0.4) is 0 Å². The highest BCUT2D eigenvalue weighted by molar-refractivity contribution is 5.99. The number of anilines is 1. The summed E-state index contributed by atoms with van der Waals surface area (Å²) in [5.41, 5.74) is 5.85. The minimum atomic E-state index is -0.938. The van der Waals surface area contributed by atoms with Crippen LogP contribution in [0.25, 0.3) is 0 Å². The van der Waals surface area contributed by atoms with Crippen LogP contribution >= 0.6 is 0 Å². The van der Waals surface area contributed by atoms with Crippen LogP contribution in [0.2, 0.25) is 0 Å². The first-order valence-corrected chi connectivity index (χ1v) is 5.02. The Hall–Kier alpha value is -1.68. The molecule has 1 rings (SSSR count). The fourth-order valence-corrected chi connectivity index (χ4v) is 1.11. The first kappa shape index (κ1) is 12.4. The molecule has 0 aromatic heterocycles. The highest BCUT2D eigenvalue weighted by Gasteiger charge is 2.21. The van der Waals surface area contributed by atoms with Crippen molar-refractivity contribution in [3.63, 3.8) is 0 Å². The third kappa shape index (κ3) is 3.17. The lowest BCUT2D eigenvalue weighted by Crippen LogP contribution is -2.45. The molecule has 0 heterocycles. The molecule has 0 fully saturated rings. The van der Waals surface area contributed by atoms with Crippen molar-refractivity contribution in [3.8, 4) is 0 Å². The topological polar surface area (TPSA) is 72.2 Å². The van der Waals surface area contributed by atoms with Gasteiger partial charge >= 0.3 is 0 Å². The number of rotatable bonds is 3. The van der Waals surface area contributed by atoms with Crippen LogP contribution < -0.4 is 11.1 Å². The van der Waals surface area contributed by atoms with Crippen LogP contribution in [0.4, 0.5) is 5.69 Å². The highest BCUT2D eigenvalue weighted by atomic mass is 16.2. The molecule has 3 N–H and O–H groups in total. The lowest BCUT2D eigenvalue weighted by atomic mass is 10.1. The van der Waals surface area contributed by atoms with Crippen molar-refractivity contribution in [1.82, 2.24) is 0 Å². The molecule has 0 bridgehead atoms. The lowest BCUT2D eigenvalue weighted by molar-refractivity contribution is -0.120. The molecule has 0 aliphatic heterocycles. The second-order valence-electron chi connectivity index (χ2n) is 4.31. The molecule has 0 atom stereocenters. The number of nitrogens with one attached hydrogen (secondary N) is 1. The van der Waals surface area contributed by atoms with Crippen molar-refractivity contribution in [3.05, 3.63) is 29.8 Å². The summed E-state index contributed by atoms with van der Waals surface area (Å²) in [6.07, 6.45) is 0. The van der Waals surface area contributed by atoms with Crippen molar-refractivity contribution >= 4 is 17.4 Å². The third-order valence-corrected chi connectivity index (χ3v) is 2.11. The van der Waals surface area contributed by atoms with Gasteiger partial charge in [0.15, 0.2) is 5.78 Å². The minimum Gasteiger partial charge on any atom is -0.324 e. The lowest BCUT2D eigenvalue weighted by Gasteiger charge is -2.17. The Morgan fingerprint density at radius 2 is 1.94 bits per heavy atom. The Bertz CT molecular complexity index is 419. The zero-order chi connectivity index (χ0) is 12.3. The molecule has 4 nitrogen and oxygen atoms in total. The number of hydrogen-bond acceptors (Lipinski definition) is 3. The Morgan fingerprint density at radius 3 is 2.44 bits per heavy atom. The molecular weight excluding hydrogens is 204 g/mol. The first-order chi connectivity index (χ1) is 7.30. The van der Waals surface area contributed by atoms with Crippen molar-refractivity contribution in [2.24, 2.45) is 5.73 Å². The molecule has 1 amide bonds. The second kappa shape index (κ2) is 4.45. The number of benzene rings is 1. The van der Waals surface area contributed by atoms with Gasteiger partial charge < -0.3 is 11.1 Å². The molecule has 0 saturated heterocycles. The molecule has 0 aliphatic rings. The number of amides is 1. The normalized spacial score (nSPS) is 11.0. The smallest absolute Gasteiger partial charge is 0.243 e. The summed E-state index contributed by atoms with van der Waals surface area (Å²) in [6.45, 7) is 4.72. The van der Waals surface area contributed by atoms with Crippen molar-refractivity contribution < 1.29 is 9.59 Å². The molecule has 0 unspecified atom stereocenters. The number of carbonyl (C=O) groups excluding carboxylic acids is 2. The SMILES string of the molecule is CC(=O)c1cccc(NC(=O)C(C)(C)N)c1. The number of carbonyl (C=O) groups is 2. The van der Waals surface area contributed by atoms with E-state index >= 15 is 0 Å². The predicted molar refractivity (Wildman–Crippen MR) is 63.3 cm³/mol. The zero-order valence-electron chi connectivity index (χ0n) is 9.70. The highest BCUT2D eigenvalue weighted by Crippen LogP contribution is 2.12. The Morgan fingerprint density at radius 1 is 1.31 bits per heavy atom. The number of Topliss-reactive ketones (excluding diaryl/α,β-unsaturated/α-hetero) is 1. The number of hydrogen-bond donors (Lipinski definition) is 2. The van der Waals surface area contributed by atoms with Gasteiger partial charge in [0, 0.05) is 11.3 Å². The van der Waals surface area contributed by atoms with E-state index in [1.54, 1.807) is 38.1 Å². The van der Waals surface area contributed by atoms with Crippen LogP contribution in [-0.4, -0.2) is 17.2 Å². The van der Waals surface area contributed by atoms with Gasteiger partial charge in [0.05, 0.1) is 5.54 Å². The van der Waals surface area contributed by atoms with E-state index in [4.69, 9.17) is 5.73 Å². The summed E-state index contributed by atoms with van der Waals surface area (Å²) < 4.78 is 0. The van der Waals surface area contributed by atoms with Gasteiger partial charge in [-0.2, -0.15) is 0 Å². The maximum Gasteiger partial charge on any atom is 0.243 e. The molecular formula is C12H16N2O2. The molecule has 0 spiro atoms. The predicted octanol–water partition coefficient (Wildman–Crippen LogP) is 1.56. The monoisotopic (exact) mass is 220 g/mol. The van der Waals surface area contributed by atoms with Crippen LogP contribution in [0.5, 0.6) is 0 Å². The quantitative estimate of drug-likeness (QED) is 0.759. The van der Waals surface area contributed by atoms with E-state index in [0.29, 0.717) is 11.3 Å². The number of nitrogens with two attached hydrogens (primary N) is 1. The summed E-state index contributed by atoms with van der Waals surface area (Å²) in [5.74, 6) is -0.323. The fraction of sp³-hybridized carbons (Fsp3) is 0.333. The van der Waals surface area contributed by atoms with Gasteiger partial charge in [-0.3, -0.25) is 9.59 Å². The Balaban J connectivity index is 2.87. The molecule has 1 aromatic carbocycles. The Kier molecular flexibility index (Phi) is 3.44. The average molecular weight is 220 g/mol. The maximum atomic E-state index is 11.6. The maximum absolute atomic E-state index is 11.6. The first-order valence-electron chi connectivity index (χ1n) is 5.02. The van der Waals surface area contributed by atoms with E-state index in [1.165, 1.54) is 6.92 Å². The molecule has 86 valence electrons. The van der Waals surface area contributed by atoms with Crippen molar-refractivity contribution in [2.45, 2.75) is 26.3 Å². The fourth-order valence-electron chi connectivity index (χ4n) is 1.11. The molecule has 4 heteroatoms. The van der Waals surface area contributed by atoms with E-state index in [9.17, 15) is 9.59 Å². The van der Waals surface area contributed by atoms with Gasteiger partial charge in [0.1, 0.15) is 0 Å². The van der Waals surface area contributed by atoms with E-state index in [-0.39, 0.29) is 11.7 Å². The standard InChI is InChI=1S/C12H16N2O2/c1-8(15)9-5-4-6-10(7-9)14-11(16)12(2,3)13/h4-7H,13H2,1-3H3,(H,14,16). The number of ketones is 1. The van der Waals surface area contributed by atoms with Gasteiger partial charge in [-0.15, -0.1) is 0 Å². The van der Waals surface area contributed by atoms with Gasteiger partial charge in [0.25, 0.3) is 0 Å². The van der Waals surface area contributed by atoms with Gasteiger partial charge in [-0.25, -0.2) is 0 Å². The van der Waals surface area contributed by atoms with E-state index in [1.807, 2.05) is 0 Å². The molecule has 1 aromatic rings. The molecule has 0 saturated carbocycles. The van der Waals surface area contributed by atoms with E-state index in [0.717, 1.165) is 0 Å².